The lowest BCUT2D eigenvalue weighted by Crippen LogP contribution is -2.34. The lowest BCUT2D eigenvalue weighted by atomic mass is 10.2. The molecule has 0 aromatic heterocycles. The number of hydrogen-bond acceptors (Lipinski definition) is 4. The summed E-state index contributed by atoms with van der Waals surface area (Å²) in [5.41, 5.74) is 4.15. The van der Waals surface area contributed by atoms with Crippen molar-refractivity contribution in [2.75, 3.05) is 5.32 Å². The monoisotopic (exact) mass is 393 g/mol. The van der Waals surface area contributed by atoms with Gasteiger partial charge in [-0.15, -0.1) is 0 Å². The van der Waals surface area contributed by atoms with Gasteiger partial charge in [-0.1, -0.05) is 41.9 Å². The van der Waals surface area contributed by atoms with E-state index in [1.165, 1.54) is 0 Å². The lowest BCUT2D eigenvalue weighted by molar-refractivity contribution is -0.121. The number of anilines is 1. The SMILES string of the molecule is C[C@H](Nc1ccc(Cl)cc1)C(=O)N/N=C\c1cccc(Oc2ccccc2)c1. The number of hydrogen-bond donors (Lipinski definition) is 2. The molecule has 6 heteroatoms. The Morgan fingerprint density at radius 3 is 2.46 bits per heavy atom. The van der Waals surface area contributed by atoms with E-state index in [1.807, 2.05) is 66.7 Å². The largest absolute Gasteiger partial charge is 0.457 e. The van der Waals surface area contributed by atoms with Crippen molar-refractivity contribution >= 4 is 29.4 Å². The van der Waals surface area contributed by atoms with Gasteiger partial charge in [0.2, 0.25) is 0 Å². The van der Waals surface area contributed by atoms with E-state index in [0.29, 0.717) is 10.8 Å². The molecule has 0 radical (unpaired) electrons. The van der Waals surface area contributed by atoms with Crippen molar-refractivity contribution in [1.82, 2.24) is 5.43 Å². The molecule has 0 aliphatic rings. The predicted octanol–water partition coefficient (Wildman–Crippen LogP) is 5.08. The molecule has 1 amide bonds. The Morgan fingerprint density at radius 2 is 1.71 bits per heavy atom. The van der Waals surface area contributed by atoms with Gasteiger partial charge in [-0.2, -0.15) is 5.10 Å². The molecule has 2 N–H and O–H groups in total. The molecule has 0 unspecified atom stereocenters. The van der Waals surface area contributed by atoms with Crippen LogP contribution in [0.15, 0.2) is 84.0 Å². The van der Waals surface area contributed by atoms with Gasteiger partial charge in [0.05, 0.1) is 6.21 Å². The normalized spacial score (nSPS) is 11.8. The van der Waals surface area contributed by atoms with Crippen molar-refractivity contribution in [3.05, 3.63) is 89.4 Å². The van der Waals surface area contributed by atoms with Crippen molar-refractivity contribution in [3.63, 3.8) is 0 Å². The van der Waals surface area contributed by atoms with E-state index in [-0.39, 0.29) is 5.91 Å². The topological polar surface area (TPSA) is 62.7 Å². The summed E-state index contributed by atoms with van der Waals surface area (Å²) in [7, 11) is 0. The Balaban J connectivity index is 1.54. The summed E-state index contributed by atoms with van der Waals surface area (Å²) >= 11 is 5.86. The number of benzene rings is 3. The molecule has 0 aliphatic carbocycles. The molecular formula is C22H20ClN3O2. The summed E-state index contributed by atoms with van der Waals surface area (Å²) in [4.78, 5) is 12.2. The zero-order valence-corrected chi connectivity index (χ0v) is 16.1. The summed E-state index contributed by atoms with van der Waals surface area (Å²) in [5, 5.41) is 7.76. The third-order valence-corrected chi connectivity index (χ3v) is 4.10. The number of amides is 1. The van der Waals surface area contributed by atoms with Crippen molar-refractivity contribution < 1.29 is 9.53 Å². The van der Waals surface area contributed by atoms with E-state index < -0.39 is 6.04 Å². The zero-order chi connectivity index (χ0) is 19.8. The number of hydrazone groups is 1. The zero-order valence-electron chi connectivity index (χ0n) is 15.3. The van der Waals surface area contributed by atoms with Gasteiger partial charge in [0.15, 0.2) is 0 Å². The minimum absolute atomic E-state index is 0.247. The minimum atomic E-state index is -0.453. The van der Waals surface area contributed by atoms with Gasteiger partial charge in [-0.3, -0.25) is 4.79 Å². The van der Waals surface area contributed by atoms with Gasteiger partial charge in [0.1, 0.15) is 17.5 Å². The first kappa shape index (κ1) is 19.5. The minimum Gasteiger partial charge on any atom is -0.457 e. The molecule has 3 aromatic rings. The first-order chi connectivity index (χ1) is 13.6. The average molecular weight is 394 g/mol. The smallest absolute Gasteiger partial charge is 0.262 e. The van der Waals surface area contributed by atoms with E-state index in [9.17, 15) is 4.79 Å². The Labute approximate surface area is 169 Å². The third kappa shape index (κ3) is 5.86. The number of rotatable bonds is 7. The number of halogens is 1. The number of carbonyl (C=O) groups is 1. The standard InChI is InChI=1S/C22H20ClN3O2/c1-16(25-19-12-10-18(23)11-13-19)22(27)26-24-15-17-6-5-9-21(14-17)28-20-7-3-2-4-8-20/h2-16,25H,1H3,(H,26,27)/b24-15-/t16-/m0/s1. The second-order valence-electron chi connectivity index (χ2n) is 6.09. The van der Waals surface area contributed by atoms with Gasteiger partial charge in [0, 0.05) is 10.7 Å². The molecule has 1 atom stereocenters. The number of nitrogens with one attached hydrogen (secondary N) is 2. The molecule has 0 aliphatic heterocycles. The molecule has 3 aromatic carbocycles. The average Bonchev–Trinajstić information content (AvgIpc) is 2.71. The summed E-state index contributed by atoms with van der Waals surface area (Å²) in [6.07, 6.45) is 1.57. The van der Waals surface area contributed by atoms with Crippen LogP contribution in [0.4, 0.5) is 5.69 Å². The first-order valence-corrected chi connectivity index (χ1v) is 9.16. The molecule has 28 heavy (non-hydrogen) atoms. The number of para-hydroxylation sites is 1. The van der Waals surface area contributed by atoms with E-state index >= 15 is 0 Å². The fourth-order valence-corrected chi connectivity index (χ4v) is 2.54. The molecule has 0 bridgehead atoms. The molecule has 0 fully saturated rings. The Kier molecular flexibility index (Phi) is 6.65. The molecule has 0 spiro atoms. The maximum absolute atomic E-state index is 12.2. The number of nitrogens with zero attached hydrogens (tertiary/aromatic N) is 1. The van der Waals surface area contributed by atoms with Crippen molar-refractivity contribution in [3.8, 4) is 11.5 Å². The summed E-state index contributed by atoms with van der Waals surface area (Å²) < 4.78 is 5.79. The quantitative estimate of drug-likeness (QED) is 0.434. The van der Waals surface area contributed by atoms with Gasteiger partial charge in [-0.25, -0.2) is 5.43 Å². The highest BCUT2D eigenvalue weighted by Gasteiger charge is 2.11. The summed E-state index contributed by atoms with van der Waals surface area (Å²) in [6, 6.07) is 23.7. The van der Waals surface area contributed by atoms with Gasteiger partial charge < -0.3 is 10.1 Å². The van der Waals surface area contributed by atoms with Crippen molar-refractivity contribution in [1.29, 1.82) is 0 Å². The third-order valence-electron chi connectivity index (χ3n) is 3.85. The van der Waals surface area contributed by atoms with Crippen LogP contribution in [0.1, 0.15) is 12.5 Å². The maximum Gasteiger partial charge on any atom is 0.262 e. The van der Waals surface area contributed by atoms with E-state index in [1.54, 1.807) is 25.3 Å². The number of ether oxygens (including phenoxy) is 1. The molecule has 0 saturated carbocycles. The molecule has 0 heterocycles. The van der Waals surface area contributed by atoms with Gasteiger partial charge in [-0.05, 0) is 61.0 Å². The van der Waals surface area contributed by atoms with E-state index in [0.717, 1.165) is 17.0 Å². The van der Waals surface area contributed by atoms with Crippen LogP contribution >= 0.6 is 11.6 Å². The fraction of sp³-hybridized carbons (Fsp3) is 0.0909. The van der Waals surface area contributed by atoms with Crippen LogP contribution in [0.2, 0.25) is 5.02 Å². The second-order valence-corrected chi connectivity index (χ2v) is 6.53. The van der Waals surface area contributed by atoms with Crippen LogP contribution < -0.4 is 15.5 Å². The highest BCUT2D eigenvalue weighted by atomic mass is 35.5. The van der Waals surface area contributed by atoms with Crippen LogP contribution in [0.3, 0.4) is 0 Å². The van der Waals surface area contributed by atoms with Crippen LogP contribution in [-0.2, 0) is 4.79 Å². The Hall–Kier alpha value is -3.31. The number of carbonyl (C=O) groups excluding carboxylic acids is 1. The van der Waals surface area contributed by atoms with Crippen LogP contribution in [-0.4, -0.2) is 18.2 Å². The fourth-order valence-electron chi connectivity index (χ4n) is 2.41. The summed E-state index contributed by atoms with van der Waals surface area (Å²) in [5.74, 6) is 1.20. The Bertz CT molecular complexity index is 944. The molecule has 142 valence electrons. The van der Waals surface area contributed by atoms with Crippen LogP contribution in [0.25, 0.3) is 0 Å². The molecule has 5 nitrogen and oxygen atoms in total. The second kappa shape index (κ2) is 9.58. The van der Waals surface area contributed by atoms with Crippen molar-refractivity contribution in [2.24, 2.45) is 5.10 Å². The van der Waals surface area contributed by atoms with E-state index in [4.69, 9.17) is 16.3 Å². The highest BCUT2D eigenvalue weighted by molar-refractivity contribution is 6.30. The molecule has 0 saturated heterocycles. The van der Waals surface area contributed by atoms with Crippen LogP contribution in [0, 0.1) is 0 Å². The predicted molar refractivity (Wildman–Crippen MR) is 113 cm³/mol. The van der Waals surface area contributed by atoms with Crippen LogP contribution in [0.5, 0.6) is 11.5 Å². The highest BCUT2D eigenvalue weighted by Crippen LogP contribution is 2.21. The van der Waals surface area contributed by atoms with E-state index in [2.05, 4.69) is 15.8 Å². The Morgan fingerprint density at radius 1 is 1.00 bits per heavy atom. The lowest BCUT2D eigenvalue weighted by Gasteiger charge is -2.13. The summed E-state index contributed by atoms with van der Waals surface area (Å²) in [6.45, 7) is 1.76. The molecule has 3 rings (SSSR count). The first-order valence-electron chi connectivity index (χ1n) is 8.78. The van der Waals surface area contributed by atoms with Gasteiger partial charge >= 0.3 is 0 Å². The molecular weight excluding hydrogens is 374 g/mol. The van der Waals surface area contributed by atoms with Crippen molar-refractivity contribution in [2.45, 2.75) is 13.0 Å². The maximum atomic E-state index is 12.2. The van der Waals surface area contributed by atoms with Gasteiger partial charge in [0.25, 0.3) is 5.91 Å².